The molecule has 0 aliphatic heterocycles. The van der Waals surface area contributed by atoms with Gasteiger partial charge in [-0.05, 0) is 48.5 Å². The second-order valence-electron chi connectivity index (χ2n) is 6.43. The molecule has 3 aromatic rings. The third kappa shape index (κ3) is 4.42. The van der Waals surface area contributed by atoms with Crippen molar-refractivity contribution in [2.75, 3.05) is 0 Å². The summed E-state index contributed by atoms with van der Waals surface area (Å²) in [6.45, 7) is 0. The van der Waals surface area contributed by atoms with Crippen LogP contribution in [0.15, 0.2) is 65.6 Å². The molecule has 0 aromatic heterocycles. The van der Waals surface area contributed by atoms with Crippen molar-refractivity contribution in [2.24, 2.45) is 0 Å². The molecular formula is C18H12ClFN2O7P2S. The fourth-order valence-corrected chi connectivity index (χ4v) is 6.68. The van der Waals surface area contributed by atoms with Gasteiger partial charge in [-0.15, -0.1) is 0 Å². The molecule has 2 atom stereocenters. The first-order chi connectivity index (χ1) is 14.9. The maximum atomic E-state index is 14.4. The zero-order valence-electron chi connectivity index (χ0n) is 15.7. The maximum Gasteiger partial charge on any atom is 0.305 e. The lowest BCUT2D eigenvalue weighted by molar-refractivity contribution is -0.387. The van der Waals surface area contributed by atoms with Gasteiger partial charge >= 0.3 is 5.69 Å². The van der Waals surface area contributed by atoms with E-state index >= 15 is 0 Å². The van der Waals surface area contributed by atoms with E-state index in [1.54, 1.807) is 0 Å². The van der Waals surface area contributed by atoms with Crippen molar-refractivity contribution < 1.29 is 27.2 Å². The van der Waals surface area contributed by atoms with Crippen molar-refractivity contribution in [3.05, 3.63) is 86.7 Å². The van der Waals surface area contributed by atoms with Crippen LogP contribution in [-0.4, -0.2) is 18.3 Å². The van der Waals surface area contributed by atoms with Gasteiger partial charge in [-0.3, -0.25) is 20.2 Å². The number of hydrogen-bond acceptors (Lipinski definition) is 7. The van der Waals surface area contributed by atoms with Gasteiger partial charge in [-0.1, -0.05) is 9.24 Å². The van der Waals surface area contributed by atoms with Crippen LogP contribution < -0.4 is 21.2 Å². The van der Waals surface area contributed by atoms with Crippen LogP contribution in [0.4, 0.5) is 15.8 Å². The second-order valence-corrected chi connectivity index (χ2v) is 12.4. The number of halogens is 2. The molecule has 0 amide bonds. The summed E-state index contributed by atoms with van der Waals surface area (Å²) in [7, 11) is -0.650. The minimum atomic E-state index is -4.09. The Hall–Kier alpha value is -2.71. The molecule has 0 aliphatic carbocycles. The van der Waals surface area contributed by atoms with Crippen molar-refractivity contribution in [1.82, 2.24) is 0 Å². The lowest BCUT2D eigenvalue weighted by Gasteiger charge is -2.20. The van der Waals surface area contributed by atoms with Crippen molar-refractivity contribution in [3.8, 4) is 0 Å². The lowest BCUT2D eigenvalue weighted by Crippen LogP contribution is -2.26. The summed E-state index contributed by atoms with van der Waals surface area (Å²) in [4.78, 5) is 20.7. The highest BCUT2D eigenvalue weighted by molar-refractivity contribution is 8.13. The van der Waals surface area contributed by atoms with E-state index in [1.165, 1.54) is 24.3 Å². The first-order valence-electron chi connectivity index (χ1n) is 8.50. The van der Waals surface area contributed by atoms with Crippen LogP contribution >= 0.6 is 27.1 Å². The Labute approximate surface area is 187 Å². The summed E-state index contributed by atoms with van der Waals surface area (Å²) in [5, 5.41) is 22.6. The average molecular weight is 517 g/mol. The SMILES string of the molecule is O=[N+]([O-])c1cc(P(=O)(c2ccc(S(=O)(=O)Cl)cc2)c2ccc(P)c([N+](=O)[O-])c2)ccc1F. The third-order valence-corrected chi connectivity index (χ3v) is 9.44. The summed E-state index contributed by atoms with van der Waals surface area (Å²) in [5.41, 5.74) is -1.30. The summed E-state index contributed by atoms with van der Waals surface area (Å²) in [6.07, 6.45) is 0. The molecule has 0 spiro atoms. The van der Waals surface area contributed by atoms with Gasteiger partial charge in [0.15, 0.2) is 7.14 Å². The molecule has 32 heavy (non-hydrogen) atoms. The maximum absolute atomic E-state index is 14.4. The molecule has 0 N–H and O–H groups in total. The Morgan fingerprint density at radius 3 is 1.81 bits per heavy atom. The highest BCUT2D eigenvalue weighted by Crippen LogP contribution is 2.44. The van der Waals surface area contributed by atoms with Gasteiger partial charge in [0.05, 0.1) is 14.7 Å². The van der Waals surface area contributed by atoms with Crippen LogP contribution in [0.5, 0.6) is 0 Å². The molecular weight excluding hydrogens is 505 g/mol. The Kier molecular flexibility index (Phi) is 6.49. The highest BCUT2D eigenvalue weighted by atomic mass is 35.7. The molecule has 3 aromatic carbocycles. The van der Waals surface area contributed by atoms with Crippen LogP contribution in [0, 0.1) is 26.0 Å². The number of benzene rings is 3. The molecule has 0 bridgehead atoms. The number of rotatable bonds is 6. The smallest absolute Gasteiger partial charge is 0.305 e. The predicted octanol–water partition coefficient (Wildman–Crippen LogP) is 2.71. The zero-order chi connectivity index (χ0) is 23.8. The summed E-state index contributed by atoms with van der Waals surface area (Å²) >= 11 is 0. The van der Waals surface area contributed by atoms with Crippen LogP contribution in [-0.2, 0) is 13.6 Å². The number of nitro benzene ring substituents is 2. The zero-order valence-corrected chi connectivity index (χ0v) is 19.3. The first kappa shape index (κ1) is 23.9. The normalized spacial score (nSPS) is 13.3. The van der Waals surface area contributed by atoms with E-state index in [0.717, 1.165) is 36.4 Å². The lowest BCUT2D eigenvalue weighted by atomic mass is 10.3. The Bertz CT molecular complexity index is 1350. The molecule has 14 heteroatoms. The van der Waals surface area contributed by atoms with Gasteiger partial charge in [-0.25, -0.2) is 8.42 Å². The average Bonchev–Trinajstić information content (AvgIpc) is 2.73. The van der Waals surface area contributed by atoms with E-state index in [-0.39, 0.29) is 31.8 Å². The quantitative estimate of drug-likeness (QED) is 0.212. The molecule has 2 unspecified atom stereocenters. The van der Waals surface area contributed by atoms with Crippen molar-refractivity contribution in [3.63, 3.8) is 0 Å². The fraction of sp³-hybridized carbons (Fsp3) is 0. The summed E-state index contributed by atoms with van der Waals surface area (Å²) < 4.78 is 51.4. The topological polar surface area (TPSA) is 137 Å². The van der Waals surface area contributed by atoms with E-state index in [2.05, 4.69) is 9.24 Å². The largest absolute Gasteiger partial charge is 0.309 e. The number of nitro groups is 2. The van der Waals surface area contributed by atoms with Gasteiger partial charge in [0.2, 0.25) is 5.82 Å². The van der Waals surface area contributed by atoms with Gasteiger partial charge in [-0.2, -0.15) is 4.39 Å². The monoisotopic (exact) mass is 516 g/mol. The summed E-state index contributed by atoms with van der Waals surface area (Å²) in [6, 6.07) is 10.9. The van der Waals surface area contributed by atoms with E-state index in [1.807, 2.05) is 0 Å². The molecule has 0 aliphatic rings. The van der Waals surface area contributed by atoms with Gasteiger partial charge in [0, 0.05) is 44.0 Å². The van der Waals surface area contributed by atoms with Gasteiger partial charge in [0.25, 0.3) is 14.7 Å². The van der Waals surface area contributed by atoms with Crippen LogP contribution in [0.1, 0.15) is 0 Å². The van der Waals surface area contributed by atoms with Gasteiger partial charge < -0.3 is 4.57 Å². The first-order valence-corrected chi connectivity index (χ1v) is 13.1. The molecule has 0 radical (unpaired) electrons. The van der Waals surface area contributed by atoms with Crippen molar-refractivity contribution in [1.29, 1.82) is 0 Å². The Morgan fingerprint density at radius 1 is 0.844 bits per heavy atom. The van der Waals surface area contributed by atoms with E-state index in [4.69, 9.17) is 10.7 Å². The molecule has 9 nitrogen and oxygen atoms in total. The van der Waals surface area contributed by atoms with Gasteiger partial charge in [0.1, 0.15) is 0 Å². The molecule has 0 saturated carbocycles. The summed E-state index contributed by atoms with van der Waals surface area (Å²) in [5.74, 6) is -1.15. The standard InChI is InChI=1S/C18H12ClFN2O7P2S/c19-32(28,29)14-5-1-11(2-6-14)31(27,12-3-7-15(20)16(9-12)21(23)24)13-4-8-18(30)17(10-13)22(25)26/h1-10H,30H2. The minimum absolute atomic E-state index is 0.00766. The van der Waals surface area contributed by atoms with Crippen LogP contribution in [0.3, 0.4) is 0 Å². The van der Waals surface area contributed by atoms with E-state index in [9.17, 15) is 37.6 Å². The third-order valence-electron chi connectivity index (χ3n) is 4.55. The van der Waals surface area contributed by atoms with Crippen molar-refractivity contribution in [2.45, 2.75) is 4.90 Å². The van der Waals surface area contributed by atoms with Crippen LogP contribution in [0.25, 0.3) is 0 Å². The molecule has 0 fully saturated rings. The fourth-order valence-electron chi connectivity index (χ4n) is 2.99. The number of hydrogen-bond donors (Lipinski definition) is 0. The molecule has 0 saturated heterocycles. The van der Waals surface area contributed by atoms with Crippen molar-refractivity contribution >= 4 is 68.7 Å². The predicted molar refractivity (Wildman–Crippen MR) is 121 cm³/mol. The van der Waals surface area contributed by atoms with E-state index < -0.39 is 37.5 Å². The minimum Gasteiger partial charge on any atom is -0.309 e. The Balaban J connectivity index is 2.36. The molecule has 3 rings (SSSR count). The highest BCUT2D eigenvalue weighted by Gasteiger charge is 2.34. The van der Waals surface area contributed by atoms with Crippen LogP contribution in [0.2, 0.25) is 0 Å². The second kappa shape index (κ2) is 8.67. The number of nitrogens with zero attached hydrogens (tertiary/aromatic N) is 2. The molecule has 166 valence electrons. The Morgan fingerprint density at radius 2 is 1.31 bits per heavy atom. The van der Waals surface area contributed by atoms with E-state index in [0.29, 0.717) is 0 Å². The molecule has 0 heterocycles.